The zero-order valence-corrected chi connectivity index (χ0v) is 11.0. The van der Waals surface area contributed by atoms with E-state index in [2.05, 4.69) is 40.9 Å². The number of aromatic nitrogens is 3. The Morgan fingerprint density at radius 1 is 1.18 bits per heavy atom. The molecule has 2 heterocycles. The number of rotatable bonds is 1. The van der Waals surface area contributed by atoms with E-state index >= 15 is 0 Å². The van der Waals surface area contributed by atoms with Gasteiger partial charge in [-0.15, -0.1) is 10.2 Å². The summed E-state index contributed by atoms with van der Waals surface area (Å²) in [5.74, 6) is 3.06. The van der Waals surface area contributed by atoms with Gasteiger partial charge in [0.05, 0.1) is 6.04 Å². The van der Waals surface area contributed by atoms with Crippen LogP contribution in [-0.2, 0) is 6.54 Å². The highest BCUT2D eigenvalue weighted by Gasteiger charge is 2.35. The third-order valence-corrected chi connectivity index (χ3v) is 4.09. The highest BCUT2D eigenvalue weighted by atomic mass is 15.3. The van der Waals surface area contributed by atoms with Crippen molar-refractivity contribution in [2.75, 3.05) is 6.54 Å². The lowest BCUT2D eigenvalue weighted by molar-refractivity contribution is 0.229. The molecule has 1 atom stereocenters. The molecule has 1 aliphatic heterocycles. The zero-order chi connectivity index (χ0) is 12.0. The summed E-state index contributed by atoms with van der Waals surface area (Å²) in [5.41, 5.74) is 0.197. The molecule has 0 amide bonds. The fourth-order valence-electron chi connectivity index (χ4n) is 2.84. The smallest absolute Gasteiger partial charge is 0.150 e. The van der Waals surface area contributed by atoms with Crippen LogP contribution in [0.15, 0.2) is 0 Å². The molecule has 17 heavy (non-hydrogen) atoms. The molecule has 1 unspecified atom stereocenters. The molecule has 0 spiro atoms. The summed E-state index contributed by atoms with van der Waals surface area (Å²) in [6.45, 7) is 8.85. The maximum Gasteiger partial charge on any atom is 0.150 e. The number of fused-ring (bicyclic) bond motifs is 1. The van der Waals surface area contributed by atoms with E-state index in [1.54, 1.807) is 0 Å². The minimum atomic E-state index is 0.197. The first kappa shape index (κ1) is 11.2. The number of hydrogen-bond acceptors (Lipinski definition) is 3. The molecule has 1 aliphatic carbocycles. The Hall–Kier alpha value is -0.900. The Bertz CT molecular complexity index is 412. The van der Waals surface area contributed by atoms with Crippen molar-refractivity contribution >= 4 is 0 Å². The van der Waals surface area contributed by atoms with Gasteiger partial charge in [-0.2, -0.15) is 0 Å². The van der Waals surface area contributed by atoms with E-state index in [9.17, 15) is 0 Å². The van der Waals surface area contributed by atoms with Crippen LogP contribution >= 0.6 is 0 Å². The maximum absolute atomic E-state index is 4.46. The van der Waals surface area contributed by atoms with Crippen LogP contribution in [0.25, 0.3) is 0 Å². The predicted octanol–water partition coefficient (Wildman–Crippen LogP) is 2.24. The molecule has 4 nitrogen and oxygen atoms in total. The number of nitrogens with zero attached hydrogens (tertiary/aromatic N) is 3. The molecule has 1 aromatic rings. The third kappa shape index (κ3) is 1.79. The Kier molecular flexibility index (Phi) is 2.51. The van der Waals surface area contributed by atoms with Gasteiger partial charge in [0, 0.05) is 19.0 Å². The quantitative estimate of drug-likeness (QED) is 0.810. The second kappa shape index (κ2) is 3.80. The summed E-state index contributed by atoms with van der Waals surface area (Å²) in [6, 6.07) is 0.331. The first-order chi connectivity index (χ1) is 8.07. The topological polar surface area (TPSA) is 42.7 Å². The second-order valence-electron chi connectivity index (χ2n) is 6.45. The van der Waals surface area contributed by atoms with Crippen LogP contribution in [0.3, 0.4) is 0 Å². The minimum Gasteiger partial charge on any atom is -0.312 e. The van der Waals surface area contributed by atoms with Gasteiger partial charge in [0.1, 0.15) is 5.82 Å². The maximum atomic E-state index is 4.46. The SMILES string of the molecule is CC(C)(C)C1NCCn2c(C3CCC3)nnc21. The van der Waals surface area contributed by atoms with Gasteiger partial charge in [0.15, 0.2) is 5.82 Å². The number of nitrogens with one attached hydrogen (secondary N) is 1. The number of hydrogen-bond donors (Lipinski definition) is 1. The van der Waals surface area contributed by atoms with Crippen molar-refractivity contribution in [3.8, 4) is 0 Å². The standard InChI is InChI=1S/C13H22N4/c1-13(2,3)10-12-16-15-11(9-5-4-6-9)17(12)8-7-14-10/h9-10,14H,4-8H2,1-3H3. The molecule has 1 N–H and O–H groups in total. The molecule has 4 heteroatoms. The Morgan fingerprint density at radius 3 is 2.47 bits per heavy atom. The van der Waals surface area contributed by atoms with Crippen molar-refractivity contribution in [3.05, 3.63) is 11.6 Å². The van der Waals surface area contributed by atoms with Crippen LogP contribution in [0.4, 0.5) is 0 Å². The Labute approximate surface area is 103 Å². The molecular formula is C13H22N4. The molecule has 1 fully saturated rings. The first-order valence-corrected chi connectivity index (χ1v) is 6.74. The van der Waals surface area contributed by atoms with Crippen LogP contribution < -0.4 is 5.32 Å². The van der Waals surface area contributed by atoms with Crippen molar-refractivity contribution in [1.82, 2.24) is 20.1 Å². The normalized spacial score (nSPS) is 25.5. The van der Waals surface area contributed by atoms with E-state index in [4.69, 9.17) is 0 Å². The molecule has 0 bridgehead atoms. The average Bonchev–Trinajstić information content (AvgIpc) is 2.58. The Balaban J connectivity index is 1.96. The van der Waals surface area contributed by atoms with Crippen LogP contribution in [-0.4, -0.2) is 21.3 Å². The van der Waals surface area contributed by atoms with Gasteiger partial charge in [-0.3, -0.25) is 0 Å². The van der Waals surface area contributed by atoms with E-state index in [0.717, 1.165) is 18.9 Å². The minimum absolute atomic E-state index is 0.197. The predicted molar refractivity (Wildman–Crippen MR) is 66.8 cm³/mol. The zero-order valence-electron chi connectivity index (χ0n) is 11.0. The third-order valence-electron chi connectivity index (χ3n) is 4.09. The highest BCUT2D eigenvalue weighted by molar-refractivity contribution is 5.12. The lowest BCUT2D eigenvalue weighted by Gasteiger charge is -2.35. The van der Waals surface area contributed by atoms with E-state index in [0.29, 0.717) is 12.0 Å². The van der Waals surface area contributed by atoms with Crippen LogP contribution in [0.5, 0.6) is 0 Å². The van der Waals surface area contributed by atoms with E-state index < -0.39 is 0 Å². The van der Waals surface area contributed by atoms with Crippen LogP contribution in [0.2, 0.25) is 0 Å². The molecule has 0 aromatic carbocycles. The van der Waals surface area contributed by atoms with Gasteiger partial charge in [-0.1, -0.05) is 27.2 Å². The molecule has 0 saturated heterocycles. The monoisotopic (exact) mass is 234 g/mol. The van der Waals surface area contributed by atoms with Gasteiger partial charge in [0.2, 0.25) is 0 Å². The lowest BCUT2D eigenvalue weighted by Crippen LogP contribution is -2.41. The van der Waals surface area contributed by atoms with E-state index in [1.807, 2.05) is 0 Å². The van der Waals surface area contributed by atoms with Gasteiger partial charge in [0.25, 0.3) is 0 Å². The summed E-state index contributed by atoms with van der Waals surface area (Å²) in [6.07, 6.45) is 3.95. The van der Waals surface area contributed by atoms with Crippen LogP contribution in [0.1, 0.15) is 63.6 Å². The van der Waals surface area contributed by atoms with Gasteiger partial charge < -0.3 is 9.88 Å². The van der Waals surface area contributed by atoms with Crippen molar-refractivity contribution in [1.29, 1.82) is 0 Å². The summed E-state index contributed by atoms with van der Waals surface area (Å²) in [4.78, 5) is 0. The summed E-state index contributed by atoms with van der Waals surface area (Å²) >= 11 is 0. The first-order valence-electron chi connectivity index (χ1n) is 6.74. The van der Waals surface area contributed by atoms with Gasteiger partial charge in [-0.25, -0.2) is 0 Å². The summed E-state index contributed by atoms with van der Waals surface area (Å²) in [5, 5.41) is 12.5. The Morgan fingerprint density at radius 2 is 1.88 bits per heavy atom. The largest absolute Gasteiger partial charge is 0.312 e. The fourth-order valence-corrected chi connectivity index (χ4v) is 2.84. The molecule has 2 aliphatic rings. The summed E-state index contributed by atoms with van der Waals surface area (Å²) in [7, 11) is 0. The van der Waals surface area contributed by atoms with E-state index in [-0.39, 0.29) is 5.41 Å². The molecule has 1 aromatic heterocycles. The van der Waals surface area contributed by atoms with E-state index in [1.165, 1.54) is 25.1 Å². The second-order valence-corrected chi connectivity index (χ2v) is 6.45. The molecule has 1 saturated carbocycles. The van der Waals surface area contributed by atoms with Crippen molar-refractivity contribution in [2.24, 2.45) is 5.41 Å². The molecule has 3 rings (SSSR count). The molecule has 0 radical (unpaired) electrons. The summed E-state index contributed by atoms with van der Waals surface area (Å²) < 4.78 is 2.37. The van der Waals surface area contributed by atoms with Crippen LogP contribution in [0, 0.1) is 5.41 Å². The lowest BCUT2D eigenvalue weighted by atomic mass is 9.83. The highest BCUT2D eigenvalue weighted by Crippen LogP contribution is 2.39. The molecular weight excluding hydrogens is 212 g/mol. The van der Waals surface area contributed by atoms with Crippen molar-refractivity contribution in [2.45, 2.75) is 58.5 Å². The van der Waals surface area contributed by atoms with Crippen molar-refractivity contribution < 1.29 is 0 Å². The molecule has 94 valence electrons. The fraction of sp³-hybridized carbons (Fsp3) is 0.846. The van der Waals surface area contributed by atoms with Gasteiger partial charge in [-0.05, 0) is 18.3 Å². The van der Waals surface area contributed by atoms with Gasteiger partial charge >= 0.3 is 0 Å². The van der Waals surface area contributed by atoms with Crippen molar-refractivity contribution in [3.63, 3.8) is 0 Å². The average molecular weight is 234 g/mol.